The Morgan fingerprint density at radius 2 is 2.06 bits per heavy atom. The predicted molar refractivity (Wildman–Crippen MR) is 62.9 cm³/mol. The minimum atomic E-state index is -0.534. The second-order valence-electron chi connectivity index (χ2n) is 3.30. The Bertz CT molecular complexity index is 337. The molecule has 0 bridgehead atoms. The lowest BCUT2D eigenvalue weighted by Crippen LogP contribution is -2.26. The number of aliphatic hydroxyl groups is 1. The van der Waals surface area contributed by atoms with Crippen LogP contribution < -0.4 is 10.1 Å². The maximum Gasteiger partial charge on any atom is 0.407 e. The first-order chi connectivity index (χ1) is 8.26. The number of carbonyl (C=O) groups is 1. The van der Waals surface area contributed by atoms with E-state index in [0.717, 1.165) is 11.3 Å². The fraction of sp³-hybridized carbons (Fsp3) is 0.417. The Labute approximate surface area is 100 Å². The maximum atomic E-state index is 11.1. The van der Waals surface area contributed by atoms with E-state index >= 15 is 0 Å². The highest BCUT2D eigenvalue weighted by Gasteiger charge is 2.01. The summed E-state index contributed by atoms with van der Waals surface area (Å²) in [6.07, 6.45) is -0.534. The topological polar surface area (TPSA) is 67.8 Å². The summed E-state index contributed by atoms with van der Waals surface area (Å²) in [5.74, 6) is 0.793. The molecule has 0 atom stereocenters. The third-order valence-corrected chi connectivity index (χ3v) is 1.99. The van der Waals surface area contributed by atoms with Gasteiger partial charge in [-0.25, -0.2) is 4.79 Å². The smallest absolute Gasteiger partial charge is 0.407 e. The SMILES string of the molecule is CCOc1ccc(COC(=O)NCCO)cc1. The molecule has 5 nitrogen and oxygen atoms in total. The van der Waals surface area contributed by atoms with Crippen molar-refractivity contribution in [2.75, 3.05) is 19.8 Å². The number of benzene rings is 1. The van der Waals surface area contributed by atoms with E-state index in [0.29, 0.717) is 6.61 Å². The largest absolute Gasteiger partial charge is 0.494 e. The van der Waals surface area contributed by atoms with Crippen molar-refractivity contribution in [3.8, 4) is 5.75 Å². The average molecular weight is 239 g/mol. The Morgan fingerprint density at radius 3 is 2.65 bits per heavy atom. The van der Waals surface area contributed by atoms with Gasteiger partial charge in [0.1, 0.15) is 12.4 Å². The summed E-state index contributed by atoms with van der Waals surface area (Å²) in [6.45, 7) is 2.84. The highest BCUT2D eigenvalue weighted by molar-refractivity contribution is 5.67. The van der Waals surface area contributed by atoms with Crippen molar-refractivity contribution < 1.29 is 19.4 Å². The van der Waals surface area contributed by atoms with E-state index in [1.54, 1.807) is 0 Å². The van der Waals surface area contributed by atoms with Crippen molar-refractivity contribution in [2.24, 2.45) is 0 Å². The molecule has 0 aliphatic carbocycles. The fourth-order valence-electron chi connectivity index (χ4n) is 1.21. The summed E-state index contributed by atoms with van der Waals surface area (Å²) < 4.78 is 10.2. The molecule has 0 aliphatic rings. The molecular formula is C12H17NO4. The molecule has 5 heteroatoms. The van der Waals surface area contributed by atoms with Crippen molar-refractivity contribution in [1.82, 2.24) is 5.32 Å². The van der Waals surface area contributed by atoms with Gasteiger partial charge < -0.3 is 19.9 Å². The number of rotatable bonds is 6. The van der Waals surface area contributed by atoms with E-state index in [4.69, 9.17) is 14.6 Å². The molecule has 0 radical (unpaired) electrons. The van der Waals surface area contributed by atoms with Gasteiger partial charge in [0.25, 0.3) is 0 Å². The van der Waals surface area contributed by atoms with Crippen molar-refractivity contribution in [1.29, 1.82) is 0 Å². The first kappa shape index (κ1) is 13.3. The molecule has 0 saturated carbocycles. The summed E-state index contributed by atoms with van der Waals surface area (Å²) in [5, 5.41) is 10.9. The molecule has 0 heterocycles. The zero-order valence-electron chi connectivity index (χ0n) is 9.81. The van der Waals surface area contributed by atoms with E-state index in [9.17, 15) is 4.79 Å². The highest BCUT2D eigenvalue weighted by Crippen LogP contribution is 2.12. The molecule has 17 heavy (non-hydrogen) atoms. The lowest BCUT2D eigenvalue weighted by Gasteiger charge is -2.07. The van der Waals surface area contributed by atoms with Crippen LogP contribution in [0.2, 0.25) is 0 Å². The van der Waals surface area contributed by atoms with Crippen LogP contribution in [0.4, 0.5) is 4.79 Å². The number of amides is 1. The van der Waals surface area contributed by atoms with Gasteiger partial charge in [-0.05, 0) is 24.6 Å². The van der Waals surface area contributed by atoms with Gasteiger partial charge >= 0.3 is 6.09 Å². The van der Waals surface area contributed by atoms with Crippen LogP contribution in [0.3, 0.4) is 0 Å². The number of ether oxygens (including phenoxy) is 2. The van der Waals surface area contributed by atoms with Crippen LogP contribution in [0.25, 0.3) is 0 Å². The quantitative estimate of drug-likeness (QED) is 0.785. The minimum absolute atomic E-state index is 0.0991. The highest BCUT2D eigenvalue weighted by atomic mass is 16.5. The third-order valence-electron chi connectivity index (χ3n) is 1.99. The number of hydrogen-bond acceptors (Lipinski definition) is 4. The van der Waals surface area contributed by atoms with Gasteiger partial charge in [-0.1, -0.05) is 12.1 Å². The van der Waals surface area contributed by atoms with Crippen molar-refractivity contribution in [3.63, 3.8) is 0 Å². The first-order valence-electron chi connectivity index (χ1n) is 5.49. The molecule has 0 spiro atoms. The standard InChI is InChI=1S/C12H17NO4/c1-2-16-11-5-3-10(4-6-11)9-17-12(15)13-7-8-14/h3-6,14H,2,7-9H2,1H3,(H,13,15). The van der Waals surface area contributed by atoms with Crippen LogP contribution in [-0.2, 0) is 11.3 Å². The molecule has 0 fully saturated rings. The van der Waals surface area contributed by atoms with Crippen molar-refractivity contribution >= 4 is 6.09 Å². The zero-order chi connectivity index (χ0) is 12.5. The van der Waals surface area contributed by atoms with Gasteiger partial charge in [0.2, 0.25) is 0 Å². The summed E-state index contributed by atoms with van der Waals surface area (Å²) in [7, 11) is 0. The van der Waals surface area contributed by atoms with Crippen LogP contribution in [0.1, 0.15) is 12.5 Å². The Morgan fingerprint density at radius 1 is 1.35 bits per heavy atom. The van der Waals surface area contributed by atoms with E-state index in [1.165, 1.54) is 0 Å². The number of carbonyl (C=O) groups excluding carboxylic acids is 1. The first-order valence-corrected chi connectivity index (χ1v) is 5.49. The van der Waals surface area contributed by atoms with E-state index in [-0.39, 0.29) is 19.8 Å². The van der Waals surface area contributed by atoms with Gasteiger partial charge in [-0.15, -0.1) is 0 Å². The molecule has 1 aromatic rings. The lowest BCUT2D eigenvalue weighted by molar-refractivity contribution is 0.137. The molecule has 0 saturated heterocycles. The molecule has 1 rings (SSSR count). The summed E-state index contributed by atoms with van der Waals surface area (Å²) >= 11 is 0. The Hall–Kier alpha value is -1.75. The summed E-state index contributed by atoms with van der Waals surface area (Å²) in [5.41, 5.74) is 0.882. The van der Waals surface area contributed by atoms with E-state index in [2.05, 4.69) is 5.32 Å². The lowest BCUT2D eigenvalue weighted by atomic mass is 10.2. The second-order valence-corrected chi connectivity index (χ2v) is 3.30. The molecule has 94 valence electrons. The van der Waals surface area contributed by atoms with Crippen molar-refractivity contribution in [2.45, 2.75) is 13.5 Å². The number of nitrogens with one attached hydrogen (secondary N) is 1. The Balaban J connectivity index is 2.34. The fourth-order valence-corrected chi connectivity index (χ4v) is 1.21. The van der Waals surface area contributed by atoms with Crippen LogP contribution in [-0.4, -0.2) is 31.0 Å². The van der Waals surface area contributed by atoms with Crippen LogP contribution in [0.5, 0.6) is 5.75 Å². The van der Waals surface area contributed by atoms with Gasteiger partial charge in [0.15, 0.2) is 0 Å². The van der Waals surface area contributed by atoms with E-state index < -0.39 is 6.09 Å². The number of hydrogen-bond donors (Lipinski definition) is 2. The average Bonchev–Trinajstić information content (AvgIpc) is 2.36. The molecule has 1 aromatic carbocycles. The number of aliphatic hydroxyl groups excluding tert-OH is 1. The van der Waals surface area contributed by atoms with Gasteiger partial charge in [-0.2, -0.15) is 0 Å². The van der Waals surface area contributed by atoms with Crippen LogP contribution in [0.15, 0.2) is 24.3 Å². The zero-order valence-corrected chi connectivity index (χ0v) is 9.81. The number of alkyl carbamates (subject to hydrolysis) is 1. The van der Waals surface area contributed by atoms with Gasteiger partial charge in [0.05, 0.1) is 13.2 Å². The van der Waals surface area contributed by atoms with Crippen LogP contribution in [0, 0.1) is 0 Å². The normalized spacial score (nSPS) is 9.76. The summed E-state index contributed by atoms with van der Waals surface area (Å²) in [6, 6.07) is 7.33. The monoisotopic (exact) mass is 239 g/mol. The maximum absolute atomic E-state index is 11.1. The molecule has 0 aromatic heterocycles. The summed E-state index contributed by atoms with van der Waals surface area (Å²) in [4.78, 5) is 11.1. The third kappa shape index (κ3) is 5.21. The second kappa shape index (κ2) is 7.51. The molecule has 0 unspecified atom stereocenters. The molecule has 0 aliphatic heterocycles. The molecule has 1 amide bonds. The molecular weight excluding hydrogens is 222 g/mol. The van der Waals surface area contributed by atoms with Gasteiger partial charge in [0, 0.05) is 6.54 Å². The molecule has 2 N–H and O–H groups in total. The van der Waals surface area contributed by atoms with Crippen molar-refractivity contribution in [3.05, 3.63) is 29.8 Å². The minimum Gasteiger partial charge on any atom is -0.494 e. The van der Waals surface area contributed by atoms with E-state index in [1.807, 2.05) is 31.2 Å². The van der Waals surface area contributed by atoms with Crippen LogP contribution >= 0.6 is 0 Å². The predicted octanol–water partition coefficient (Wildman–Crippen LogP) is 1.30. The van der Waals surface area contributed by atoms with Gasteiger partial charge in [-0.3, -0.25) is 0 Å². The Kier molecular flexibility index (Phi) is 5.88.